The van der Waals surface area contributed by atoms with Crippen molar-refractivity contribution in [1.82, 2.24) is 19.7 Å². The molecule has 0 aliphatic carbocycles. The average molecular weight is 570 g/mol. The van der Waals surface area contributed by atoms with Crippen LogP contribution in [0.4, 0.5) is 18.9 Å². The van der Waals surface area contributed by atoms with Crippen LogP contribution in [0, 0.1) is 17.5 Å². The van der Waals surface area contributed by atoms with Crippen molar-refractivity contribution in [1.29, 1.82) is 0 Å². The highest BCUT2D eigenvalue weighted by molar-refractivity contribution is 6.06. The van der Waals surface area contributed by atoms with Crippen molar-refractivity contribution in [3.05, 3.63) is 77.4 Å². The number of anilines is 1. The molecule has 1 aliphatic rings. The molecule has 9 nitrogen and oxygen atoms in total. The number of nitrogens with one attached hydrogen (secondary N) is 2. The fourth-order valence-electron chi connectivity index (χ4n) is 4.65. The van der Waals surface area contributed by atoms with Gasteiger partial charge in [0.2, 0.25) is 6.29 Å². The predicted octanol–water partition coefficient (Wildman–Crippen LogP) is 6.38. The Bertz CT molecular complexity index is 1470. The number of halogens is 3. The largest absolute Gasteiger partial charge is 0.357 e. The zero-order valence-electron chi connectivity index (χ0n) is 22.6. The first kappa shape index (κ1) is 28.5. The van der Waals surface area contributed by atoms with Crippen LogP contribution in [0.25, 0.3) is 22.8 Å². The first-order valence-electron chi connectivity index (χ1n) is 13.4. The van der Waals surface area contributed by atoms with Crippen LogP contribution < -0.4 is 5.32 Å². The van der Waals surface area contributed by atoms with Gasteiger partial charge in [0, 0.05) is 25.4 Å². The van der Waals surface area contributed by atoms with Gasteiger partial charge in [0.05, 0.1) is 23.3 Å². The molecular formula is C29H30F3N5O4. The molecule has 0 spiro atoms. The molecular weight excluding hydrogens is 539 g/mol. The molecule has 1 aliphatic heterocycles. The summed E-state index contributed by atoms with van der Waals surface area (Å²) in [5.41, 5.74) is 1.10. The van der Waals surface area contributed by atoms with Gasteiger partial charge < -0.3 is 24.5 Å². The topological polar surface area (TPSA) is 103 Å². The molecule has 2 aromatic carbocycles. The Morgan fingerprint density at radius 1 is 1.07 bits per heavy atom. The van der Waals surface area contributed by atoms with Crippen LogP contribution in [0.2, 0.25) is 0 Å². The van der Waals surface area contributed by atoms with Gasteiger partial charge >= 0.3 is 0 Å². The molecule has 41 heavy (non-hydrogen) atoms. The van der Waals surface area contributed by atoms with E-state index in [1.165, 1.54) is 18.2 Å². The molecule has 2 N–H and O–H groups in total. The number of H-pyrrole nitrogens is 1. The number of amides is 1. The van der Waals surface area contributed by atoms with E-state index in [2.05, 4.69) is 15.4 Å². The predicted molar refractivity (Wildman–Crippen MR) is 144 cm³/mol. The average Bonchev–Trinajstić information content (AvgIpc) is 3.59. The minimum absolute atomic E-state index is 0.155. The Balaban J connectivity index is 1.62. The summed E-state index contributed by atoms with van der Waals surface area (Å²) in [5, 5.41) is 7.26. The first-order valence-corrected chi connectivity index (χ1v) is 13.4. The Hall–Kier alpha value is -4.00. The van der Waals surface area contributed by atoms with Crippen molar-refractivity contribution < 1.29 is 32.2 Å². The highest BCUT2D eigenvalue weighted by atomic mass is 19.1. The molecule has 3 heterocycles. The summed E-state index contributed by atoms with van der Waals surface area (Å²) in [6.45, 7) is 4.87. The third kappa shape index (κ3) is 6.19. The molecule has 0 saturated carbocycles. The summed E-state index contributed by atoms with van der Waals surface area (Å²) >= 11 is 0. The second-order valence-electron chi connectivity index (χ2n) is 9.34. The van der Waals surface area contributed by atoms with Crippen LogP contribution >= 0.6 is 0 Å². The monoisotopic (exact) mass is 569 g/mol. The number of hydrogen-bond donors (Lipinski definition) is 2. The Labute approximate surface area is 234 Å². The first-order chi connectivity index (χ1) is 19.9. The van der Waals surface area contributed by atoms with Crippen molar-refractivity contribution in [2.24, 2.45) is 0 Å². The minimum Gasteiger partial charge on any atom is -0.357 e. The van der Waals surface area contributed by atoms with Gasteiger partial charge in [-0.25, -0.2) is 22.8 Å². The van der Waals surface area contributed by atoms with E-state index in [9.17, 15) is 18.0 Å². The Kier molecular flexibility index (Phi) is 8.81. The Morgan fingerprint density at radius 2 is 1.78 bits per heavy atom. The molecule has 0 bridgehead atoms. The number of ether oxygens (including phenoxy) is 3. The van der Waals surface area contributed by atoms with E-state index in [0.717, 1.165) is 25.0 Å². The molecule has 1 amide bonds. The SMILES string of the molecule is CCOC(OCC)c1[nH]c(-c2nn(C3CCCCO3)cc2NC(=O)c2c(F)cccc2F)nc1-c1ccc(F)cc1. The number of aromatic amines is 1. The summed E-state index contributed by atoms with van der Waals surface area (Å²) in [6.07, 6.45) is 2.84. The third-order valence-corrected chi connectivity index (χ3v) is 6.57. The zero-order chi connectivity index (χ0) is 28.9. The van der Waals surface area contributed by atoms with Gasteiger partial charge in [-0.3, -0.25) is 4.79 Å². The fourth-order valence-corrected chi connectivity index (χ4v) is 4.65. The van der Waals surface area contributed by atoms with E-state index in [1.54, 1.807) is 23.0 Å². The molecule has 1 atom stereocenters. The normalized spacial score (nSPS) is 15.4. The van der Waals surface area contributed by atoms with E-state index >= 15 is 0 Å². The lowest BCUT2D eigenvalue weighted by molar-refractivity contribution is -0.142. The lowest BCUT2D eigenvalue weighted by atomic mass is 10.1. The maximum atomic E-state index is 14.4. The fraction of sp³-hybridized carbons (Fsp3) is 0.345. The van der Waals surface area contributed by atoms with E-state index in [0.29, 0.717) is 43.2 Å². The van der Waals surface area contributed by atoms with Crippen LogP contribution in [0.15, 0.2) is 48.7 Å². The molecule has 216 valence electrons. The second-order valence-corrected chi connectivity index (χ2v) is 9.34. The molecule has 5 rings (SSSR count). The number of carbonyl (C=O) groups is 1. The lowest BCUT2D eigenvalue weighted by Gasteiger charge is -2.22. The van der Waals surface area contributed by atoms with Gasteiger partial charge in [0.1, 0.15) is 29.2 Å². The zero-order valence-corrected chi connectivity index (χ0v) is 22.6. The number of imidazole rings is 1. The van der Waals surface area contributed by atoms with E-state index in [-0.39, 0.29) is 17.2 Å². The molecule has 0 radical (unpaired) electrons. The van der Waals surface area contributed by atoms with Gasteiger partial charge in [0.25, 0.3) is 5.91 Å². The van der Waals surface area contributed by atoms with Crippen LogP contribution in [-0.4, -0.2) is 45.5 Å². The van der Waals surface area contributed by atoms with Crippen LogP contribution in [0.3, 0.4) is 0 Å². The number of nitrogens with zero attached hydrogens (tertiary/aromatic N) is 3. The Morgan fingerprint density at radius 3 is 2.41 bits per heavy atom. The molecule has 1 saturated heterocycles. The summed E-state index contributed by atoms with van der Waals surface area (Å²) < 4.78 is 61.6. The second kappa shape index (κ2) is 12.7. The summed E-state index contributed by atoms with van der Waals surface area (Å²) in [7, 11) is 0. The number of carbonyl (C=O) groups excluding carboxylic acids is 1. The van der Waals surface area contributed by atoms with Crippen molar-refractivity contribution in [3.8, 4) is 22.8 Å². The summed E-state index contributed by atoms with van der Waals surface area (Å²) in [5.74, 6) is -3.17. The van der Waals surface area contributed by atoms with Crippen LogP contribution in [0.5, 0.6) is 0 Å². The molecule has 1 unspecified atom stereocenters. The van der Waals surface area contributed by atoms with Crippen LogP contribution in [0.1, 0.15) is 61.7 Å². The van der Waals surface area contributed by atoms with Gasteiger partial charge in [-0.1, -0.05) is 6.07 Å². The van der Waals surface area contributed by atoms with E-state index < -0.39 is 41.4 Å². The number of rotatable bonds is 10. The van der Waals surface area contributed by atoms with E-state index in [1.807, 2.05) is 13.8 Å². The molecule has 4 aromatic rings. The summed E-state index contributed by atoms with van der Waals surface area (Å²) in [4.78, 5) is 21.0. The number of benzene rings is 2. The van der Waals surface area contributed by atoms with Crippen molar-refractivity contribution in [2.45, 2.75) is 45.6 Å². The quantitative estimate of drug-likeness (QED) is 0.215. The molecule has 1 fully saturated rings. The van der Waals surface area contributed by atoms with E-state index in [4.69, 9.17) is 19.2 Å². The standard InChI is InChI=1S/C29H30F3N5O4/c1-3-39-29(40-4-2)26-24(17-11-13-18(30)14-12-17)34-27(35-26)25-21(16-37(36-25)22-10-5-6-15-41-22)33-28(38)23-19(31)8-7-9-20(23)32/h7-9,11-14,16,22,29H,3-6,10,15H2,1-2H3,(H,33,38)(H,34,35). The van der Waals surface area contributed by atoms with Crippen LogP contribution in [-0.2, 0) is 14.2 Å². The molecule has 12 heteroatoms. The maximum absolute atomic E-state index is 14.4. The summed E-state index contributed by atoms with van der Waals surface area (Å²) in [6, 6.07) is 8.97. The smallest absolute Gasteiger partial charge is 0.261 e. The minimum atomic E-state index is -0.998. The third-order valence-electron chi connectivity index (χ3n) is 6.57. The highest BCUT2D eigenvalue weighted by Crippen LogP contribution is 2.35. The lowest BCUT2D eigenvalue weighted by Crippen LogP contribution is -2.18. The van der Waals surface area contributed by atoms with Gasteiger partial charge in [-0.2, -0.15) is 5.10 Å². The van der Waals surface area contributed by atoms with Crippen molar-refractivity contribution in [2.75, 3.05) is 25.1 Å². The van der Waals surface area contributed by atoms with Gasteiger partial charge in [-0.15, -0.1) is 0 Å². The highest BCUT2D eigenvalue weighted by Gasteiger charge is 2.28. The van der Waals surface area contributed by atoms with Gasteiger partial charge in [0.15, 0.2) is 11.5 Å². The van der Waals surface area contributed by atoms with Crippen molar-refractivity contribution >= 4 is 11.6 Å². The molecule has 2 aromatic heterocycles. The maximum Gasteiger partial charge on any atom is 0.261 e. The van der Waals surface area contributed by atoms with Crippen molar-refractivity contribution in [3.63, 3.8) is 0 Å². The number of hydrogen-bond acceptors (Lipinski definition) is 6. The van der Waals surface area contributed by atoms with Gasteiger partial charge in [-0.05, 0) is 69.5 Å². The number of aromatic nitrogens is 4.